The van der Waals surface area contributed by atoms with Gasteiger partial charge in [0.2, 0.25) is 26.6 Å². The van der Waals surface area contributed by atoms with Crippen LogP contribution in [-0.2, 0) is 9.84 Å². The molecule has 168 valence electrons. The number of rotatable bonds is 5. The van der Waals surface area contributed by atoms with Crippen LogP contribution in [0.25, 0.3) is 11.5 Å². The van der Waals surface area contributed by atoms with E-state index >= 15 is 0 Å². The molecule has 6 nitrogen and oxygen atoms in total. The molecule has 0 radical (unpaired) electrons. The lowest BCUT2D eigenvalue weighted by Crippen LogP contribution is -2.46. The quantitative estimate of drug-likeness (QED) is 0.427. The number of anilines is 2. The normalized spacial score (nSPS) is 14.5. The largest absolute Gasteiger partial charge is 0.419 e. The first-order chi connectivity index (χ1) is 16.0. The Morgan fingerprint density at radius 3 is 2.00 bits per heavy atom. The maximum absolute atomic E-state index is 13.6. The number of para-hydroxylation sites is 1. The molecule has 0 bridgehead atoms. The Hall–Kier alpha value is -3.58. The summed E-state index contributed by atoms with van der Waals surface area (Å²) < 4.78 is 33.3. The molecule has 1 aliphatic rings. The number of hydrogen-bond donors (Lipinski definition) is 0. The van der Waals surface area contributed by atoms with Crippen molar-refractivity contribution >= 4 is 21.4 Å². The zero-order chi connectivity index (χ0) is 22.8. The Morgan fingerprint density at radius 2 is 1.33 bits per heavy atom. The number of benzene rings is 3. The Kier molecular flexibility index (Phi) is 5.64. The van der Waals surface area contributed by atoms with E-state index in [1.54, 1.807) is 30.3 Å². The number of piperazine rings is 1. The average molecular weight is 460 g/mol. The van der Waals surface area contributed by atoms with Crippen molar-refractivity contribution in [2.75, 3.05) is 36.0 Å². The van der Waals surface area contributed by atoms with Crippen LogP contribution in [0.2, 0.25) is 0 Å². The van der Waals surface area contributed by atoms with E-state index in [2.05, 4.69) is 22.0 Å². The maximum Gasteiger partial charge on any atom is 0.236 e. The first kappa shape index (κ1) is 21.3. The second-order valence-electron chi connectivity index (χ2n) is 8.07. The fraction of sp³-hybridized carbons (Fsp3) is 0.192. The van der Waals surface area contributed by atoms with Gasteiger partial charge < -0.3 is 14.2 Å². The van der Waals surface area contributed by atoms with Gasteiger partial charge in [-0.15, -0.1) is 0 Å². The molecule has 0 unspecified atom stereocenters. The third-order valence-corrected chi connectivity index (χ3v) is 7.62. The van der Waals surface area contributed by atoms with Crippen molar-refractivity contribution in [3.63, 3.8) is 0 Å². The molecule has 3 aromatic carbocycles. The topological polar surface area (TPSA) is 66.7 Å². The van der Waals surface area contributed by atoms with E-state index in [9.17, 15) is 8.42 Å². The van der Waals surface area contributed by atoms with Gasteiger partial charge in [-0.05, 0) is 42.8 Å². The second-order valence-corrected chi connectivity index (χ2v) is 9.94. The molecular formula is C26H25N3O3S. The Morgan fingerprint density at radius 1 is 0.758 bits per heavy atom. The summed E-state index contributed by atoms with van der Waals surface area (Å²) in [5.41, 5.74) is 2.92. The van der Waals surface area contributed by atoms with Crippen molar-refractivity contribution in [2.45, 2.75) is 16.8 Å². The molecular weight excluding hydrogens is 434 g/mol. The van der Waals surface area contributed by atoms with Crippen molar-refractivity contribution in [1.29, 1.82) is 0 Å². The minimum atomic E-state index is -3.84. The van der Waals surface area contributed by atoms with Gasteiger partial charge in [-0.3, -0.25) is 0 Å². The average Bonchev–Trinajstić information content (AvgIpc) is 3.32. The molecule has 2 heterocycles. The van der Waals surface area contributed by atoms with E-state index in [0.29, 0.717) is 24.9 Å². The first-order valence-electron chi connectivity index (χ1n) is 11.0. The van der Waals surface area contributed by atoms with Gasteiger partial charge in [-0.2, -0.15) is 4.98 Å². The van der Waals surface area contributed by atoms with Crippen LogP contribution in [0.1, 0.15) is 5.56 Å². The van der Waals surface area contributed by atoms with Crippen LogP contribution in [0.4, 0.5) is 11.6 Å². The maximum atomic E-state index is 13.6. The zero-order valence-electron chi connectivity index (χ0n) is 18.4. The smallest absolute Gasteiger partial charge is 0.236 e. The molecule has 5 rings (SSSR count). The van der Waals surface area contributed by atoms with Crippen LogP contribution in [-0.4, -0.2) is 39.6 Å². The van der Waals surface area contributed by atoms with Gasteiger partial charge in [0.05, 0.1) is 4.90 Å². The number of aromatic nitrogens is 1. The predicted octanol–water partition coefficient (Wildman–Crippen LogP) is 4.81. The molecule has 7 heteroatoms. The van der Waals surface area contributed by atoms with Crippen molar-refractivity contribution in [2.24, 2.45) is 0 Å². The van der Waals surface area contributed by atoms with Gasteiger partial charge >= 0.3 is 0 Å². The van der Waals surface area contributed by atoms with E-state index in [4.69, 9.17) is 4.42 Å². The summed E-state index contributed by atoms with van der Waals surface area (Å²) in [6, 6.07) is 26.3. The fourth-order valence-electron chi connectivity index (χ4n) is 4.12. The minimum absolute atomic E-state index is 0.0277. The van der Waals surface area contributed by atoms with Crippen LogP contribution in [0.3, 0.4) is 0 Å². The monoisotopic (exact) mass is 459 g/mol. The number of aryl methyl sites for hydroxylation is 1. The number of hydrogen-bond acceptors (Lipinski definition) is 6. The molecule has 0 aliphatic carbocycles. The highest BCUT2D eigenvalue weighted by molar-refractivity contribution is 7.91. The van der Waals surface area contributed by atoms with E-state index in [-0.39, 0.29) is 9.92 Å². The minimum Gasteiger partial charge on any atom is -0.419 e. The molecule has 0 saturated carbocycles. The van der Waals surface area contributed by atoms with Gasteiger partial charge in [-0.1, -0.05) is 54.6 Å². The van der Waals surface area contributed by atoms with E-state index in [1.165, 1.54) is 0 Å². The lowest BCUT2D eigenvalue weighted by molar-refractivity contribution is 0.525. The molecule has 1 aromatic heterocycles. The summed E-state index contributed by atoms with van der Waals surface area (Å²) in [5.74, 6) is 0.632. The molecule has 0 atom stereocenters. The molecule has 0 spiro atoms. The zero-order valence-corrected chi connectivity index (χ0v) is 19.2. The Balaban J connectivity index is 1.53. The Bertz CT molecular complexity index is 1340. The van der Waals surface area contributed by atoms with Crippen LogP contribution < -0.4 is 9.80 Å². The van der Waals surface area contributed by atoms with Crippen LogP contribution >= 0.6 is 0 Å². The third kappa shape index (κ3) is 4.12. The third-order valence-electron chi connectivity index (χ3n) is 5.95. The van der Waals surface area contributed by atoms with Gasteiger partial charge in [0.15, 0.2) is 0 Å². The number of oxazole rings is 1. The summed E-state index contributed by atoms with van der Waals surface area (Å²) in [5, 5.41) is -0.0277. The highest BCUT2D eigenvalue weighted by Gasteiger charge is 2.33. The summed E-state index contributed by atoms with van der Waals surface area (Å²) in [6.45, 7) is 4.75. The summed E-state index contributed by atoms with van der Waals surface area (Å²) >= 11 is 0. The Labute approximate surface area is 194 Å². The predicted molar refractivity (Wildman–Crippen MR) is 129 cm³/mol. The van der Waals surface area contributed by atoms with E-state index < -0.39 is 9.84 Å². The van der Waals surface area contributed by atoms with Gasteiger partial charge in [0.25, 0.3) is 0 Å². The number of nitrogens with zero attached hydrogens (tertiary/aromatic N) is 3. The highest BCUT2D eigenvalue weighted by atomic mass is 32.2. The first-order valence-corrected chi connectivity index (χ1v) is 12.4. The highest BCUT2D eigenvalue weighted by Crippen LogP contribution is 2.36. The molecule has 1 saturated heterocycles. The molecule has 1 aliphatic heterocycles. The van der Waals surface area contributed by atoms with E-state index in [1.807, 2.05) is 54.3 Å². The van der Waals surface area contributed by atoms with Gasteiger partial charge in [-0.25, -0.2) is 8.42 Å². The van der Waals surface area contributed by atoms with Crippen molar-refractivity contribution in [3.05, 3.63) is 90.5 Å². The summed E-state index contributed by atoms with van der Waals surface area (Å²) in [4.78, 5) is 9.02. The summed E-state index contributed by atoms with van der Waals surface area (Å²) in [6.07, 6.45) is 0. The van der Waals surface area contributed by atoms with Gasteiger partial charge in [0, 0.05) is 37.4 Å². The lowest BCUT2D eigenvalue weighted by atomic mass is 10.1. The van der Waals surface area contributed by atoms with Gasteiger partial charge in [0.1, 0.15) is 0 Å². The van der Waals surface area contributed by atoms with Crippen LogP contribution in [0.5, 0.6) is 0 Å². The molecule has 0 amide bonds. The standard InChI is InChI=1S/C26H25N3O3S/c1-20-10-8-9-15-23(20)24-27-25(33(30,31)22-13-6-3-7-14-22)26(32-24)29-18-16-28(17-19-29)21-11-4-2-5-12-21/h2-15H,16-19H2,1H3. The molecule has 33 heavy (non-hydrogen) atoms. The lowest BCUT2D eigenvalue weighted by Gasteiger charge is -2.36. The van der Waals surface area contributed by atoms with Crippen molar-refractivity contribution in [3.8, 4) is 11.5 Å². The van der Waals surface area contributed by atoms with Crippen molar-refractivity contribution in [1.82, 2.24) is 4.98 Å². The van der Waals surface area contributed by atoms with Crippen molar-refractivity contribution < 1.29 is 12.8 Å². The van der Waals surface area contributed by atoms with Crippen LogP contribution in [0, 0.1) is 6.92 Å². The SMILES string of the molecule is Cc1ccccc1-c1nc(S(=O)(=O)c2ccccc2)c(N2CCN(c3ccccc3)CC2)o1. The fourth-order valence-corrected chi connectivity index (χ4v) is 5.46. The van der Waals surface area contributed by atoms with Crippen LogP contribution in [0.15, 0.2) is 99.3 Å². The summed E-state index contributed by atoms with van der Waals surface area (Å²) in [7, 11) is -3.84. The molecule has 4 aromatic rings. The number of sulfone groups is 1. The van der Waals surface area contributed by atoms with E-state index in [0.717, 1.165) is 29.9 Å². The molecule has 1 fully saturated rings. The molecule has 0 N–H and O–H groups in total. The second kappa shape index (κ2) is 8.75.